The van der Waals surface area contributed by atoms with Crippen LogP contribution in [0.3, 0.4) is 0 Å². The predicted molar refractivity (Wildman–Crippen MR) is 81.9 cm³/mol. The van der Waals surface area contributed by atoms with Gasteiger partial charge in [-0.05, 0) is 23.6 Å². The van der Waals surface area contributed by atoms with Gasteiger partial charge in [-0.25, -0.2) is 8.42 Å². The molecule has 0 heterocycles. The Morgan fingerprint density at radius 1 is 0.950 bits per heavy atom. The topological polar surface area (TPSA) is 72.2 Å². The molecule has 0 amide bonds. The van der Waals surface area contributed by atoms with E-state index in [1.54, 1.807) is 12.1 Å². The van der Waals surface area contributed by atoms with E-state index in [1.807, 2.05) is 42.5 Å². The molecule has 0 saturated heterocycles. The van der Waals surface area contributed by atoms with Crippen molar-refractivity contribution in [2.24, 2.45) is 5.73 Å². The minimum atomic E-state index is -3.37. The molecule has 0 unspecified atom stereocenters. The first kappa shape index (κ1) is 14.6. The Hall–Kier alpha value is -1.85. The van der Waals surface area contributed by atoms with Crippen LogP contribution in [0.2, 0.25) is 0 Å². The van der Waals surface area contributed by atoms with Crippen LogP contribution in [-0.4, -0.2) is 14.2 Å². The Morgan fingerprint density at radius 3 is 2.30 bits per heavy atom. The second kappa shape index (κ2) is 6.54. The average molecular weight is 290 g/mol. The highest BCUT2D eigenvalue weighted by molar-refractivity contribution is 7.92. The molecule has 0 radical (unpaired) electrons. The number of aryl methyl sites for hydroxylation is 1. The van der Waals surface area contributed by atoms with Gasteiger partial charge in [0.15, 0.2) is 0 Å². The number of nitrogens with two attached hydrogens (primary N) is 1. The van der Waals surface area contributed by atoms with Gasteiger partial charge in [-0.15, -0.1) is 0 Å². The zero-order valence-electron chi connectivity index (χ0n) is 11.1. The van der Waals surface area contributed by atoms with Crippen LogP contribution in [0.15, 0.2) is 54.6 Å². The summed E-state index contributed by atoms with van der Waals surface area (Å²) in [6, 6.07) is 16.7. The van der Waals surface area contributed by atoms with Gasteiger partial charge in [-0.1, -0.05) is 48.5 Å². The molecule has 2 aromatic rings. The highest BCUT2D eigenvalue weighted by atomic mass is 32.2. The molecule has 0 bridgehead atoms. The molecule has 3 N–H and O–H groups in total. The summed E-state index contributed by atoms with van der Waals surface area (Å²) in [6.45, 7) is 0.303. The highest BCUT2D eigenvalue weighted by Crippen LogP contribution is 2.16. The standard InChI is InChI=1S/C15H18N2O2S/c16-12-14-8-4-5-9-15(14)17-20(18,19)11-10-13-6-2-1-3-7-13/h1-9,17H,10-12,16H2. The van der Waals surface area contributed by atoms with Crippen molar-refractivity contribution in [2.45, 2.75) is 13.0 Å². The molecule has 0 atom stereocenters. The van der Waals surface area contributed by atoms with E-state index >= 15 is 0 Å². The normalized spacial score (nSPS) is 11.2. The van der Waals surface area contributed by atoms with E-state index in [0.717, 1.165) is 11.1 Å². The number of nitrogens with one attached hydrogen (secondary N) is 1. The molecule has 0 aliphatic carbocycles. The molecule has 2 aromatic carbocycles. The average Bonchev–Trinajstić information content (AvgIpc) is 2.47. The SMILES string of the molecule is NCc1ccccc1NS(=O)(=O)CCc1ccccc1. The second-order valence-electron chi connectivity index (χ2n) is 4.52. The third kappa shape index (κ3) is 4.08. The van der Waals surface area contributed by atoms with Crippen molar-refractivity contribution in [2.75, 3.05) is 10.5 Å². The van der Waals surface area contributed by atoms with Crippen LogP contribution in [0.1, 0.15) is 11.1 Å². The monoisotopic (exact) mass is 290 g/mol. The number of para-hydroxylation sites is 1. The van der Waals surface area contributed by atoms with Gasteiger partial charge in [0.1, 0.15) is 0 Å². The first-order chi connectivity index (χ1) is 9.61. The molecule has 0 spiro atoms. The van der Waals surface area contributed by atoms with Crippen molar-refractivity contribution >= 4 is 15.7 Å². The zero-order chi connectivity index (χ0) is 14.4. The molecular weight excluding hydrogens is 272 g/mol. The van der Waals surface area contributed by atoms with E-state index in [4.69, 9.17) is 5.73 Å². The molecule has 4 nitrogen and oxygen atoms in total. The van der Waals surface area contributed by atoms with Gasteiger partial charge in [0.25, 0.3) is 0 Å². The Kier molecular flexibility index (Phi) is 4.76. The smallest absolute Gasteiger partial charge is 0.233 e. The minimum Gasteiger partial charge on any atom is -0.326 e. The van der Waals surface area contributed by atoms with Crippen molar-refractivity contribution in [1.29, 1.82) is 0 Å². The van der Waals surface area contributed by atoms with Gasteiger partial charge in [-0.3, -0.25) is 4.72 Å². The van der Waals surface area contributed by atoms with Crippen molar-refractivity contribution in [3.63, 3.8) is 0 Å². The van der Waals surface area contributed by atoms with E-state index < -0.39 is 10.0 Å². The summed E-state index contributed by atoms with van der Waals surface area (Å²) < 4.78 is 26.8. The molecule has 0 aliphatic rings. The molecule has 0 aromatic heterocycles. The van der Waals surface area contributed by atoms with Crippen LogP contribution in [-0.2, 0) is 23.0 Å². The Balaban J connectivity index is 2.04. The third-order valence-corrected chi connectivity index (χ3v) is 4.28. The summed E-state index contributed by atoms with van der Waals surface area (Å²) >= 11 is 0. The summed E-state index contributed by atoms with van der Waals surface area (Å²) in [5.41, 5.74) is 7.95. The van der Waals surface area contributed by atoms with Crippen molar-refractivity contribution < 1.29 is 8.42 Å². The van der Waals surface area contributed by atoms with Crippen LogP contribution in [0.4, 0.5) is 5.69 Å². The van der Waals surface area contributed by atoms with Gasteiger partial charge < -0.3 is 5.73 Å². The Labute approximate surface area is 119 Å². The molecule has 2 rings (SSSR count). The molecule has 0 aliphatic heterocycles. The highest BCUT2D eigenvalue weighted by Gasteiger charge is 2.12. The van der Waals surface area contributed by atoms with E-state index in [0.29, 0.717) is 18.7 Å². The third-order valence-electron chi connectivity index (χ3n) is 3.01. The molecule has 20 heavy (non-hydrogen) atoms. The van der Waals surface area contributed by atoms with E-state index in [1.165, 1.54) is 0 Å². The predicted octanol–water partition coefficient (Wildman–Crippen LogP) is 2.13. The first-order valence-electron chi connectivity index (χ1n) is 6.43. The maximum absolute atomic E-state index is 12.1. The van der Waals surface area contributed by atoms with E-state index in [2.05, 4.69) is 4.72 Å². The second-order valence-corrected chi connectivity index (χ2v) is 6.36. The minimum absolute atomic E-state index is 0.0515. The lowest BCUT2D eigenvalue weighted by Crippen LogP contribution is -2.19. The molecule has 0 saturated carbocycles. The Morgan fingerprint density at radius 2 is 1.60 bits per heavy atom. The van der Waals surface area contributed by atoms with E-state index in [-0.39, 0.29) is 5.75 Å². The fraction of sp³-hybridized carbons (Fsp3) is 0.200. The summed E-state index contributed by atoms with van der Waals surface area (Å²) in [5, 5.41) is 0. The Bertz CT molecular complexity index is 655. The number of hydrogen-bond acceptors (Lipinski definition) is 3. The molecule has 106 valence electrons. The molecule has 5 heteroatoms. The van der Waals surface area contributed by atoms with Gasteiger partial charge >= 0.3 is 0 Å². The first-order valence-corrected chi connectivity index (χ1v) is 8.08. The number of sulfonamides is 1. The fourth-order valence-corrected chi connectivity index (χ4v) is 3.05. The van der Waals surface area contributed by atoms with Crippen LogP contribution in [0.25, 0.3) is 0 Å². The van der Waals surface area contributed by atoms with Crippen LogP contribution in [0.5, 0.6) is 0 Å². The van der Waals surface area contributed by atoms with Crippen molar-refractivity contribution in [3.05, 3.63) is 65.7 Å². The summed E-state index contributed by atoms with van der Waals surface area (Å²) in [7, 11) is -3.37. The van der Waals surface area contributed by atoms with Gasteiger partial charge in [0.2, 0.25) is 10.0 Å². The van der Waals surface area contributed by atoms with E-state index in [9.17, 15) is 8.42 Å². The summed E-state index contributed by atoms with van der Waals surface area (Å²) in [6.07, 6.45) is 0.487. The lowest BCUT2D eigenvalue weighted by atomic mass is 10.2. The number of hydrogen-bond donors (Lipinski definition) is 2. The summed E-state index contributed by atoms with van der Waals surface area (Å²) in [5.74, 6) is 0.0515. The lowest BCUT2D eigenvalue weighted by Gasteiger charge is -2.11. The maximum atomic E-state index is 12.1. The van der Waals surface area contributed by atoms with Crippen molar-refractivity contribution in [3.8, 4) is 0 Å². The van der Waals surface area contributed by atoms with Crippen LogP contribution in [0, 0.1) is 0 Å². The van der Waals surface area contributed by atoms with Crippen LogP contribution >= 0.6 is 0 Å². The van der Waals surface area contributed by atoms with Crippen molar-refractivity contribution in [1.82, 2.24) is 0 Å². The van der Waals surface area contributed by atoms with Gasteiger partial charge in [0, 0.05) is 6.54 Å². The number of benzene rings is 2. The lowest BCUT2D eigenvalue weighted by molar-refractivity contribution is 0.600. The molecule has 0 fully saturated rings. The number of anilines is 1. The van der Waals surface area contributed by atoms with Gasteiger partial charge in [-0.2, -0.15) is 0 Å². The van der Waals surface area contributed by atoms with Crippen LogP contribution < -0.4 is 10.5 Å². The fourth-order valence-electron chi connectivity index (χ4n) is 1.91. The summed E-state index contributed by atoms with van der Waals surface area (Å²) in [4.78, 5) is 0. The maximum Gasteiger partial charge on any atom is 0.233 e. The van der Waals surface area contributed by atoms with Gasteiger partial charge in [0.05, 0.1) is 11.4 Å². The quantitative estimate of drug-likeness (QED) is 0.856. The zero-order valence-corrected chi connectivity index (χ0v) is 11.9. The molecular formula is C15H18N2O2S. The number of rotatable bonds is 6. The largest absolute Gasteiger partial charge is 0.326 e.